The van der Waals surface area contributed by atoms with E-state index in [9.17, 15) is 18.0 Å². The van der Waals surface area contributed by atoms with Gasteiger partial charge < -0.3 is 14.2 Å². The van der Waals surface area contributed by atoms with Crippen LogP contribution in [0.4, 0.5) is 13.2 Å². The number of hydrogen-bond acceptors (Lipinski definition) is 6. The molecule has 0 radical (unpaired) electrons. The van der Waals surface area contributed by atoms with E-state index in [2.05, 4.69) is 15.2 Å². The predicted octanol–water partition coefficient (Wildman–Crippen LogP) is 2.63. The van der Waals surface area contributed by atoms with Gasteiger partial charge in [0.15, 0.2) is 11.9 Å². The van der Waals surface area contributed by atoms with Crippen LogP contribution in [0.15, 0.2) is 41.1 Å². The van der Waals surface area contributed by atoms with Crippen LogP contribution in [0.5, 0.6) is 0 Å². The van der Waals surface area contributed by atoms with E-state index in [1.165, 1.54) is 10.7 Å². The second-order valence-electron chi connectivity index (χ2n) is 6.87. The highest BCUT2D eigenvalue weighted by molar-refractivity contribution is 5.92. The topological polar surface area (TPSA) is 86.3 Å². The number of morpholine rings is 1. The minimum atomic E-state index is -4.42. The number of rotatable bonds is 4. The number of nitrogens with zero attached hydrogens (tertiary/aromatic N) is 5. The predicted molar refractivity (Wildman–Crippen MR) is 96.4 cm³/mol. The van der Waals surface area contributed by atoms with Crippen molar-refractivity contribution in [3.05, 3.63) is 65.1 Å². The first-order valence-corrected chi connectivity index (χ1v) is 9.19. The second-order valence-corrected chi connectivity index (χ2v) is 6.87. The monoisotopic (exact) mass is 421 g/mol. The summed E-state index contributed by atoms with van der Waals surface area (Å²) in [4.78, 5) is 18.5. The number of aryl methyl sites for hydroxylation is 1. The minimum absolute atomic E-state index is 0.0812. The maximum absolute atomic E-state index is 12.9. The summed E-state index contributed by atoms with van der Waals surface area (Å²) in [5.74, 6) is 0.231. The number of amides is 1. The highest BCUT2D eigenvalue weighted by Crippen LogP contribution is 2.30. The zero-order valence-electron chi connectivity index (χ0n) is 16.0. The third-order valence-electron chi connectivity index (χ3n) is 4.77. The molecule has 0 spiro atoms. The highest BCUT2D eigenvalue weighted by atomic mass is 19.4. The molecule has 30 heavy (non-hydrogen) atoms. The van der Waals surface area contributed by atoms with Gasteiger partial charge in [-0.15, -0.1) is 0 Å². The van der Waals surface area contributed by atoms with Crippen LogP contribution in [-0.2, 0) is 24.4 Å². The number of ether oxygens (including phenoxy) is 1. The molecule has 1 aromatic carbocycles. The zero-order valence-corrected chi connectivity index (χ0v) is 16.0. The number of benzene rings is 1. The summed E-state index contributed by atoms with van der Waals surface area (Å²) in [6.07, 6.45) is -3.40. The van der Waals surface area contributed by atoms with Crippen molar-refractivity contribution in [2.45, 2.75) is 18.7 Å². The van der Waals surface area contributed by atoms with E-state index in [1.807, 2.05) is 0 Å². The summed E-state index contributed by atoms with van der Waals surface area (Å²) < 4.78 is 51.0. The Bertz CT molecular complexity index is 1050. The molecule has 3 heterocycles. The molecule has 1 saturated heterocycles. The fourth-order valence-corrected chi connectivity index (χ4v) is 3.24. The molecule has 8 nitrogen and oxygen atoms in total. The first-order chi connectivity index (χ1) is 14.3. The Hall–Kier alpha value is -3.21. The number of carbonyl (C=O) groups is 1. The summed E-state index contributed by atoms with van der Waals surface area (Å²) in [7, 11) is 1.68. The van der Waals surface area contributed by atoms with Crippen molar-refractivity contribution >= 4 is 5.91 Å². The Kier molecular flexibility index (Phi) is 5.29. The SMILES string of the molecule is Cn1nccc1C(=O)N1CCO[C@@H](c2nc(Cc3cccc(C(F)(F)F)c3)no2)C1. The van der Waals surface area contributed by atoms with E-state index in [-0.39, 0.29) is 30.6 Å². The van der Waals surface area contributed by atoms with Crippen molar-refractivity contribution in [3.8, 4) is 0 Å². The van der Waals surface area contributed by atoms with Gasteiger partial charge in [-0.25, -0.2) is 0 Å². The molecular formula is C19H18F3N5O3. The molecule has 0 N–H and O–H groups in total. The summed E-state index contributed by atoms with van der Waals surface area (Å²) in [5.41, 5.74) is 0.129. The molecule has 0 unspecified atom stereocenters. The Balaban J connectivity index is 1.45. The second kappa shape index (κ2) is 7.90. The average molecular weight is 421 g/mol. The number of hydrogen-bond donors (Lipinski definition) is 0. The van der Waals surface area contributed by atoms with Gasteiger partial charge in [0.25, 0.3) is 11.8 Å². The van der Waals surface area contributed by atoms with Gasteiger partial charge in [0.1, 0.15) is 5.69 Å². The van der Waals surface area contributed by atoms with E-state index < -0.39 is 17.8 Å². The van der Waals surface area contributed by atoms with E-state index in [4.69, 9.17) is 9.26 Å². The van der Waals surface area contributed by atoms with Crippen LogP contribution in [0, 0.1) is 0 Å². The van der Waals surface area contributed by atoms with Gasteiger partial charge in [-0.1, -0.05) is 23.4 Å². The van der Waals surface area contributed by atoms with Crippen LogP contribution in [0.2, 0.25) is 0 Å². The van der Waals surface area contributed by atoms with E-state index >= 15 is 0 Å². The third kappa shape index (κ3) is 4.20. The van der Waals surface area contributed by atoms with Crippen LogP contribution in [-0.4, -0.2) is 50.4 Å². The lowest BCUT2D eigenvalue weighted by Crippen LogP contribution is -2.43. The highest BCUT2D eigenvalue weighted by Gasteiger charge is 2.32. The molecule has 0 saturated carbocycles. The van der Waals surface area contributed by atoms with Gasteiger partial charge in [-0.2, -0.15) is 23.3 Å². The minimum Gasteiger partial charge on any atom is -0.365 e. The lowest BCUT2D eigenvalue weighted by Gasteiger charge is -2.31. The molecule has 0 aliphatic carbocycles. The summed E-state index contributed by atoms with van der Waals surface area (Å²) in [6.45, 7) is 0.917. The molecule has 11 heteroatoms. The lowest BCUT2D eigenvalue weighted by atomic mass is 10.1. The van der Waals surface area contributed by atoms with Crippen molar-refractivity contribution in [1.29, 1.82) is 0 Å². The van der Waals surface area contributed by atoms with E-state index in [0.717, 1.165) is 12.1 Å². The van der Waals surface area contributed by atoms with Crippen LogP contribution in [0.1, 0.15) is 39.4 Å². The molecule has 1 fully saturated rings. The van der Waals surface area contributed by atoms with Crippen LogP contribution >= 0.6 is 0 Å². The normalized spacial score (nSPS) is 17.3. The van der Waals surface area contributed by atoms with Crippen molar-refractivity contribution in [1.82, 2.24) is 24.8 Å². The van der Waals surface area contributed by atoms with Gasteiger partial charge in [0.2, 0.25) is 0 Å². The summed E-state index contributed by atoms with van der Waals surface area (Å²) >= 11 is 0. The molecule has 1 atom stereocenters. The smallest absolute Gasteiger partial charge is 0.365 e. The standard InChI is InChI=1S/C19H18F3N5O3/c1-26-14(5-6-23-26)18(28)27-7-8-29-15(11-27)17-24-16(25-30-17)10-12-3-2-4-13(9-12)19(20,21)22/h2-6,9,15H,7-8,10-11H2,1H3/t15-/m1/s1. The third-order valence-corrected chi connectivity index (χ3v) is 4.77. The molecular weight excluding hydrogens is 403 g/mol. The fraction of sp³-hybridized carbons (Fsp3) is 0.368. The van der Waals surface area contributed by atoms with Crippen molar-refractivity contribution < 1.29 is 27.2 Å². The van der Waals surface area contributed by atoms with Gasteiger partial charge in [-0.05, 0) is 17.7 Å². The fourth-order valence-electron chi connectivity index (χ4n) is 3.24. The van der Waals surface area contributed by atoms with Gasteiger partial charge in [0, 0.05) is 26.2 Å². The van der Waals surface area contributed by atoms with Crippen LogP contribution < -0.4 is 0 Å². The van der Waals surface area contributed by atoms with Gasteiger partial charge >= 0.3 is 6.18 Å². The molecule has 1 amide bonds. The van der Waals surface area contributed by atoms with Crippen LogP contribution in [0.25, 0.3) is 0 Å². The largest absolute Gasteiger partial charge is 0.416 e. The lowest BCUT2D eigenvalue weighted by molar-refractivity contribution is -0.137. The quantitative estimate of drug-likeness (QED) is 0.644. The Morgan fingerprint density at radius 3 is 2.87 bits per heavy atom. The number of aromatic nitrogens is 4. The number of carbonyl (C=O) groups excluding carboxylic acids is 1. The number of halogens is 3. The molecule has 2 aromatic heterocycles. The van der Waals surface area contributed by atoms with Crippen molar-refractivity contribution in [3.63, 3.8) is 0 Å². The molecule has 4 rings (SSSR count). The first kappa shape index (κ1) is 20.1. The Morgan fingerprint density at radius 2 is 2.13 bits per heavy atom. The number of alkyl halides is 3. The first-order valence-electron chi connectivity index (χ1n) is 9.19. The zero-order chi connectivity index (χ0) is 21.3. The Morgan fingerprint density at radius 1 is 1.30 bits per heavy atom. The molecule has 1 aliphatic rings. The van der Waals surface area contributed by atoms with Crippen molar-refractivity contribution in [2.24, 2.45) is 7.05 Å². The van der Waals surface area contributed by atoms with Crippen LogP contribution in [0.3, 0.4) is 0 Å². The molecule has 158 valence electrons. The van der Waals surface area contributed by atoms with E-state index in [1.54, 1.807) is 30.3 Å². The maximum Gasteiger partial charge on any atom is 0.416 e. The van der Waals surface area contributed by atoms with Crippen molar-refractivity contribution in [2.75, 3.05) is 19.7 Å². The maximum atomic E-state index is 12.9. The summed E-state index contributed by atoms with van der Waals surface area (Å²) in [6, 6.07) is 6.60. The average Bonchev–Trinajstić information content (AvgIpc) is 3.36. The molecule has 3 aromatic rings. The Labute approximate surface area is 169 Å². The van der Waals surface area contributed by atoms with Gasteiger partial charge in [0.05, 0.1) is 18.7 Å². The summed E-state index contributed by atoms with van der Waals surface area (Å²) in [5, 5.41) is 7.85. The van der Waals surface area contributed by atoms with E-state index in [0.29, 0.717) is 24.4 Å². The van der Waals surface area contributed by atoms with Gasteiger partial charge in [-0.3, -0.25) is 9.48 Å². The molecule has 0 bridgehead atoms. The molecule has 1 aliphatic heterocycles.